The summed E-state index contributed by atoms with van der Waals surface area (Å²) < 4.78 is 0. The molecular weight excluding hydrogens is 228 g/mol. The molecule has 0 nitrogen and oxygen atoms in total. The summed E-state index contributed by atoms with van der Waals surface area (Å²) in [6, 6.07) is 0. The number of fused-ring (bicyclic) bond motifs is 5. The molecule has 0 saturated heterocycles. The van der Waals surface area contributed by atoms with E-state index in [1.165, 1.54) is 19.3 Å². The van der Waals surface area contributed by atoms with E-state index in [4.69, 9.17) is 0 Å². The van der Waals surface area contributed by atoms with E-state index in [0.29, 0.717) is 0 Å². The third-order valence-corrected chi connectivity index (χ3v) is 8.36. The third-order valence-electron chi connectivity index (χ3n) is 8.36. The van der Waals surface area contributed by atoms with Crippen molar-refractivity contribution in [3.05, 3.63) is 0 Å². The molecule has 0 bridgehead atoms. The van der Waals surface area contributed by atoms with Gasteiger partial charge in [-0.1, -0.05) is 33.1 Å². The maximum Gasteiger partial charge on any atom is -0.0266 e. The summed E-state index contributed by atoms with van der Waals surface area (Å²) in [5, 5.41) is 0. The highest BCUT2D eigenvalue weighted by Gasteiger charge is 2.56. The first kappa shape index (κ1) is 12.7. The van der Waals surface area contributed by atoms with Crippen LogP contribution in [0.4, 0.5) is 0 Å². The molecule has 4 aliphatic rings. The Bertz CT molecular complexity index is 359. The zero-order valence-corrected chi connectivity index (χ0v) is 13.1. The van der Waals surface area contributed by atoms with Gasteiger partial charge in [0.2, 0.25) is 0 Å². The molecule has 0 aliphatic heterocycles. The van der Waals surface area contributed by atoms with Crippen molar-refractivity contribution in [3.63, 3.8) is 0 Å². The van der Waals surface area contributed by atoms with Gasteiger partial charge in [-0.05, 0) is 85.9 Å². The molecule has 4 fully saturated rings. The van der Waals surface area contributed by atoms with Crippen molar-refractivity contribution >= 4 is 0 Å². The highest BCUT2D eigenvalue weighted by molar-refractivity contribution is 5.06. The molecule has 4 unspecified atom stereocenters. The van der Waals surface area contributed by atoms with Gasteiger partial charge in [0.25, 0.3) is 0 Å². The Morgan fingerprint density at radius 2 is 1.58 bits per heavy atom. The van der Waals surface area contributed by atoms with Crippen LogP contribution in [-0.2, 0) is 0 Å². The Morgan fingerprint density at radius 3 is 2.47 bits per heavy atom. The summed E-state index contributed by atoms with van der Waals surface area (Å²) in [5.74, 6) is 4.41. The molecule has 6 atom stereocenters. The summed E-state index contributed by atoms with van der Waals surface area (Å²) in [7, 11) is 0. The summed E-state index contributed by atoms with van der Waals surface area (Å²) >= 11 is 0. The molecule has 0 heteroatoms. The molecule has 0 amide bonds. The maximum atomic E-state index is 2.70. The lowest BCUT2D eigenvalue weighted by Gasteiger charge is -2.60. The monoisotopic (exact) mass is 260 g/mol. The first-order valence-electron chi connectivity index (χ1n) is 9.13. The zero-order valence-electron chi connectivity index (χ0n) is 13.1. The minimum atomic E-state index is 0.741. The van der Waals surface area contributed by atoms with Crippen LogP contribution in [0.5, 0.6) is 0 Å². The van der Waals surface area contributed by atoms with Gasteiger partial charge >= 0.3 is 0 Å². The van der Waals surface area contributed by atoms with Crippen molar-refractivity contribution in [1.82, 2.24) is 0 Å². The van der Waals surface area contributed by atoms with Gasteiger partial charge in [-0.3, -0.25) is 0 Å². The van der Waals surface area contributed by atoms with E-state index >= 15 is 0 Å². The van der Waals surface area contributed by atoms with E-state index in [1.54, 1.807) is 51.4 Å². The van der Waals surface area contributed by atoms with Crippen LogP contribution in [0.1, 0.15) is 84.5 Å². The Morgan fingerprint density at radius 1 is 0.684 bits per heavy atom. The molecule has 0 radical (unpaired) electrons. The molecule has 0 aromatic heterocycles. The molecule has 108 valence electrons. The smallest absolute Gasteiger partial charge is 0.0266 e. The van der Waals surface area contributed by atoms with Crippen molar-refractivity contribution < 1.29 is 0 Å². The van der Waals surface area contributed by atoms with Gasteiger partial charge < -0.3 is 0 Å². The second kappa shape index (κ2) is 4.25. The van der Waals surface area contributed by atoms with Crippen molar-refractivity contribution in [2.75, 3.05) is 0 Å². The summed E-state index contributed by atoms with van der Waals surface area (Å²) in [4.78, 5) is 0. The fourth-order valence-electron chi connectivity index (χ4n) is 7.29. The van der Waals surface area contributed by atoms with E-state index in [-0.39, 0.29) is 0 Å². The second-order valence-electron chi connectivity index (χ2n) is 8.99. The first-order valence-corrected chi connectivity index (χ1v) is 9.13. The number of hydrogen-bond acceptors (Lipinski definition) is 0. The molecule has 0 aromatic carbocycles. The van der Waals surface area contributed by atoms with Gasteiger partial charge in [-0.15, -0.1) is 0 Å². The lowest BCUT2D eigenvalue weighted by molar-refractivity contribution is -0.103. The largest absolute Gasteiger partial charge is 0.0594 e. The fraction of sp³-hybridized carbons (Fsp3) is 1.00. The SMILES string of the molecule is CC12CCCC1[C@@H]1CC[C@@H]3CCCCC3(C)C1CC2. The third kappa shape index (κ3) is 1.70. The van der Waals surface area contributed by atoms with Gasteiger partial charge in [0, 0.05) is 0 Å². The highest BCUT2D eigenvalue weighted by atomic mass is 14.6. The van der Waals surface area contributed by atoms with E-state index in [1.807, 2.05) is 0 Å². The van der Waals surface area contributed by atoms with E-state index in [2.05, 4.69) is 13.8 Å². The molecule has 0 heterocycles. The fourth-order valence-corrected chi connectivity index (χ4v) is 7.29. The van der Waals surface area contributed by atoms with E-state index in [0.717, 1.165) is 34.5 Å². The molecule has 0 spiro atoms. The van der Waals surface area contributed by atoms with Crippen LogP contribution in [0.15, 0.2) is 0 Å². The van der Waals surface area contributed by atoms with Crippen molar-refractivity contribution in [1.29, 1.82) is 0 Å². The summed E-state index contributed by atoms with van der Waals surface area (Å²) in [6.07, 6.45) is 17.1. The molecule has 0 aromatic rings. The predicted octanol–water partition coefficient (Wildman–Crippen LogP) is 5.81. The quantitative estimate of drug-likeness (QED) is 0.515. The average molecular weight is 260 g/mol. The lowest BCUT2D eigenvalue weighted by atomic mass is 9.45. The number of rotatable bonds is 0. The Kier molecular flexibility index (Phi) is 2.84. The van der Waals surface area contributed by atoms with Crippen molar-refractivity contribution in [2.45, 2.75) is 84.5 Å². The van der Waals surface area contributed by atoms with Gasteiger partial charge in [-0.2, -0.15) is 0 Å². The molecule has 0 N–H and O–H groups in total. The van der Waals surface area contributed by atoms with Crippen LogP contribution in [0.2, 0.25) is 0 Å². The molecule has 4 aliphatic carbocycles. The highest BCUT2D eigenvalue weighted by Crippen LogP contribution is 2.66. The summed E-state index contributed by atoms with van der Waals surface area (Å²) in [5.41, 5.74) is 1.49. The van der Waals surface area contributed by atoms with Crippen LogP contribution in [0.3, 0.4) is 0 Å². The van der Waals surface area contributed by atoms with Gasteiger partial charge in [-0.25, -0.2) is 0 Å². The molecule has 19 heavy (non-hydrogen) atoms. The van der Waals surface area contributed by atoms with Crippen molar-refractivity contribution in [2.24, 2.45) is 34.5 Å². The van der Waals surface area contributed by atoms with Crippen LogP contribution in [0.25, 0.3) is 0 Å². The van der Waals surface area contributed by atoms with E-state index in [9.17, 15) is 0 Å². The van der Waals surface area contributed by atoms with Crippen LogP contribution >= 0.6 is 0 Å². The Labute approximate surface area is 119 Å². The first-order chi connectivity index (χ1) is 9.13. The summed E-state index contributed by atoms with van der Waals surface area (Å²) in [6.45, 7) is 5.33. The Hall–Kier alpha value is 0. The van der Waals surface area contributed by atoms with Crippen LogP contribution < -0.4 is 0 Å². The zero-order chi connectivity index (χ0) is 13.1. The Balaban J connectivity index is 1.64. The second-order valence-corrected chi connectivity index (χ2v) is 8.99. The minimum absolute atomic E-state index is 0.741. The molecular formula is C19H32. The molecule has 4 saturated carbocycles. The normalized spacial score (nSPS) is 57.2. The predicted molar refractivity (Wildman–Crippen MR) is 81.0 cm³/mol. The van der Waals surface area contributed by atoms with Gasteiger partial charge in [0.15, 0.2) is 0 Å². The minimum Gasteiger partial charge on any atom is -0.0594 e. The van der Waals surface area contributed by atoms with Crippen LogP contribution in [-0.4, -0.2) is 0 Å². The van der Waals surface area contributed by atoms with Gasteiger partial charge in [0.05, 0.1) is 0 Å². The standard InChI is InChI=1S/C19H32/c1-18-11-5-7-16(18)15-9-8-14-6-3-4-12-19(14,2)17(15)10-13-18/h14-17H,3-13H2,1-2H3/t14-,15-,16?,17?,18?,19?/m0/s1. The van der Waals surface area contributed by atoms with Crippen molar-refractivity contribution in [3.8, 4) is 0 Å². The van der Waals surface area contributed by atoms with E-state index < -0.39 is 0 Å². The topological polar surface area (TPSA) is 0 Å². The van der Waals surface area contributed by atoms with Gasteiger partial charge in [0.1, 0.15) is 0 Å². The van der Waals surface area contributed by atoms with Crippen LogP contribution in [0, 0.1) is 34.5 Å². The number of hydrogen-bond donors (Lipinski definition) is 0. The average Bonchev–Trinajstić information content (AvgIpc) is 2.79. The maximum absolute atomic E-state index is 2.70. The molecule has 4 rings (SSSR count). The lowest BCUT2D eigenvalue weighted by Crippen LogP contribution is -2.51.